The van der Waals surface area contributed by atoms with Crippen LogP contribution in [0.15, 0.2) is 36.4 Å². The van der Waals surface area contributed by atoms with Crippen LogP contribution >= 0.6 is 0 Å². The number of carbonyl (C=O) groups is 3. The molecule has 1 N–H and O–H groups in total. The zero-order valence-electron chi connectivity index (χ0n) is 10.6. The molecule has 5 nitrogen and oxygen atoms in total. The third-order valence-corrected chi connectivity index (χ3v) is 3.35. The van der Waals surface area contributed by atoms with Gasteiger partial charge in [-0.05, 0) is 26.0 Å². The minimum Gasteiger partial charge on any atom is -0.478 e. The van der Waals surface area contributed by atoms with Crippen LogP contribution in [0.4, 0.5) is 0 Å². The Morgan fingerprint density at radius 1 is 1.16 bits per heavy atom. The molecule has 0 spiro atoms. The van der Waals surface area contributed by atoms with Crippen LogP contribution in [0, 0.1) is 0 Å². The molecule has 1 aliphatic rings. The van der Waals surface area contributed by atoms with Crippen molar-refractivity contribution < 1.29 is 19.5 Å². The van der Waals surface area contributed by atoms with Crippen LogP contribution in [0.1, 0.15) is 34.6 Å². The maximum Gasteiger partial charge on any atom is 0.333 e. The minimum absolute atomic E-state index is 0.206. The van der Waals surface area contributed by atoms with Gasteiger partial charge in [0.1, 0.15) is 0 Å². The van der Waals surface area contributed by atoms with Gasteiger partial charge in [-0.3, -0.25) is 14.5 Å². The molecule has 1 aromatic carbocycles. The number of imide groups is 1. The second kappa shape index (κ2) is 4.05. The molecule has 1 aliphatic heterocycles. The van der Waals surface area contributed by atoms with Crippen LogP contribution in [-0.2, 0) is 4.79 Å². The summed E-state index contributed by atoms with van der Waals surface area (Å²) in [6, 6.07) is 6.42. The molecule has 0 saturated heterocycles. The molecule has 0 fully saturated rings. The van der Waals surface area contributed by atoms with E-state index in [0.717, 1.165) is 4.90 Å². The summed E-state index contributed by atoms with van der Waals surface area (Å²) in [5.74, 6) is -2.22. The molecule has 0 bridgehead atoms. The summed E-state index contributed by atoms with van der Waals surface area (Å²) in [6.07, 6.45) is 0. The van der Waals surface area contributed by atoms with Crippen molar-refractivity contribution in [1.29, 1.82) is 0 Å². The first-order valence-electron chi connectivity index (χ1n) is 5.69. The summed E-state index contributed by atoms with van der Waals surface area (Å²) in [7, 11) is 0. The molecule has 0 radical (unpaired) electrons. The molecule has 2 amide bonds. The van der Waals surface area contributed by atoms with Crippen LogP contribution in [-0.4, -0.2) is 33.3 Å². The Labute approximate surface area is 110 Å². The van der Waals surface area contributed by atoms with Crippen molar-refractivity contribution in [2.24, 2.45) is 0 Å². The van der Waals surface area contributed by atoms with Gasteiger partial charge in [0.2, 0.25) is 0 Å². The molecule has 2 rings (SSSR count). The lowest BCUT2D eigenvalue weighted by molar-refractivity contribution is -0.133. The van der Waals surface area contributed by atoms with Crippen LogP contribution in [0.25, 0.3) is 0 Å². The lowest BCUT2D eigenvalue weighted by Crippen LogP contribution is -2.50. The van der Waals surface area contributed by atoms with Crippen molar-refractivity contribution in [3.05, 3.63) is 47.5 Å². The average Bonchev–Trinajstić information content (AvgIpc) is 2.62. The number of fused-ring (bicyclic) bond motifs is 1. The molecule has 0 aliphatic carbocycles. The molecule has 19 heavy (non-hydrogen) atoms. The summed E-state index contributed by atoms with van der Waals surface area (Å²) < 4.78 is 0. The van der Waals surface area contributed by atoms with E-state index in [0.29, 0.717) is 11.1 Å². The first-order chi connectivity index (χ1) is 8.78. The van der Waals surface area contributed by atoms with Gasteiger partial charge in [0, 0.05) is 0 Å². The fourth-order valence-corrected chi connectivity index (χ4v) is 2.09. The normalized spacial score (nSPS) is 14.5. The van der Waals surface area contributed by atoms with Gasteiger partial charge in [-0.15, -0.1) is 0 Å². The van der Waals surface area contributed by atoms with E-state index in [9.17, 15) is 14.4 Å². The Morgan fingerprint density at radius 3 is 1.95 bits per heavy atom. The Morgan fingerprint density at radius 2 is 1.58 bits per heavy atom. The zero-order valence-corrected chi connectivity index (χ0v) is 10.6. The lowest BCUT2D eigenvalue weighted by Gasteiger charge is -2.33. The van der Waals surface area contributed by atoms with Crippen molar-refractivity contribution in [3.63, 3.8) is 0 Å². The summed E-state index contributed by atoms with van der Waals surface area (Å²) in [5, 5.41) is 9.02. The minimum atomic E-state index is -1.28. The van der Waals surface area contributed by atoms with Gasteiger partial charge in [0.25, 0.3) is 11.8 Å². The Kier molecular flexibility index (Phi) is 2.77. The van der Waals surface area contributed by atoms with E-state index in [-0.39, 0.29) is 5.57 Å². The van der Waals surface area contributed by atoms with E-state index in [1.807, 2.05) is 0 Å². The van der Waals surface area contributed by atoms with Crippen molar-refractivity contribution in [1.82, 2.24) is 4.90 Å². The standard InChI is InChI=1S/C14H13NO4/c1-8(13(18)19)14(2,3)15-11(16)9-6-4-5-7-10(9)12(15)17/h4-7H,1H2,2-3H3,(H,18,19). The largest absolute Gasteiger partial charge is 0.478 e. The van der Waals surface area contributed by atoms with Crippen LogP contribution in [0.5, 0.6) is 0 Å². The lowest BCUT2D eigenvalue weighted by atomic mass is 9.93. The smallest absolute Gasteiger partial charge is 0.333 e. The summed E-state index contributed by atoms with van der Waals surface area (Å²) in [4.78, 5) is 36.5. The van der Waals surface area contributed by atoms with E-state index in [1.165, 1.54) is 13.8 Å². The van der Waals surface area contributed by atoms with Gasteiger partial charge in [-0.2, -0.15) is 0 Å². The fraction of sp³-hybridized carbons (Fsp3) is 0.214. The maximum absolute atomic E-state index is 12.3. The van der Waals surface area contributed by atoms with E-state index in [4.69, 9.17) is 5.11 Å². The second-order valence-corrected chi connectivity index (χ2v) is 4.83. The van der Waals surface area contributed by atoms with Gasteiger partial charge in [0.05, 0.1) is 22.2 Å². The van der Waals surface area contributed by atoms with Crippen LogP contribution in [0.3, 0.4) is 0 Å². The first-order valence-corrected chi connectivity index (χ1v) is 5.69. The SMILES string of the molecule is C=C(C(=O)O)C(C)(C)N1C(=O)c2ccccc2C1=O. The maximum atomic E-state index is 12.3. The molecular weight excluding hydrogens is 246 g/mol. The van der Waals surface area contributed by atoms with Crippen LogP contribution < -0.4 is 0 Å². The molecule has 1 aromatic rings. The number of amides is 2. The molecule has 0 atom stereocenters. The Hall–Kier alpha value is -2.43. The quantitative estimate of drug-likeness (QED) is 0.662. The van der Waals surface area contributed by atoms with Gasteiger partial charge >= 0.3 is 5.97 Å². The highest BCUT2D eigenvalue weighted by Gasteiger charge is 2.46. The summed E-state index contributed by atoms with van der Waals surface area (Å²) in [5.41, 5.74) is -0.904. The molecule has 5 heteroatoms. The molecular formula is C14H13NO4. The molecule has 0 aromatic heterocycles. The third kappa shape index (κ3) is 1.74. The summed E-state index contributed by atoms with van der Waals surface area (Å²) >= 11 is 0. The Balaban J connectivity index is 2.50. The highest BCUT2D eigenvalue weighted by molar-refractivity contribution is 6.22. The molecule has 1 heterocycles. The first kappa shape index (κ1) is 13.0. The predicted octanol–water partition coefficient (Wildman–Crippen LogP) is 1.70. The number of aliphatic carboxylic acids is 1. The van der Waals surface area contributed by atoms with Crippen molar-refractivity contribution in [2.75, 3.05) is 0 Å². The van der Waals surface area contributed by atoms with E-state index >= 15 is 0 Å². The predicted molar refractivity (Wildman–Crippen MR) is 67.8 cm³/mol. The number of benzene rings is 1. The topological polar surface area (TPSA) is 74.7 Å². The second-order valence-electron chi connectivity index (χ2n) is 4.83. The van der Waals surface area contributed by atoms with Gasteiger partial charge in [-0.25, -0.2) is 4.79 Å². The van der Waals surface area contributed by atoms with Gasteiger partial charge in [0.15, 0.2) is 0 Å². The highest BCUT2D eigenvalue weighted by Crippen LogP contribution is 2.32. The fourth-order valence-electron chi connectivity index (χ4n) is 2.09. The van der Waals surface area contributed by atoms with Crippen molar-refractivity contribution in [2.45, 2.75) is 19.4 Å². The monoisotopic (exact) mass is 259 g/mol. The third-order valence-electron chi connectivity index (χ3n) is 3.35. The van der Waals surface area contributed by atoms with Gasteiger partial charge < -0.3 is 5.11 Å². The number of carboxylic acid groups (broad SMARTS) is 1. The Bertz CT molecular complexity index is 581. The number of nitrogens with zero attached hydrogens (tertiary/aromatic N) is 1. The molecule has 0 saturated carbocycles. The number of rotatable bonds is 3. The van der Waals surface area contributed by atoms with Crippen LogP contribution in [0.2, 0.25) is 0 Å². The van der Waals surface area contributed by atoms with E-state index < -0.39 is 23.3 Å². The van der Waals surface area contributed by atoms with E-state index in [1.54, 1.807) is 24.3 Å². The van der Waals surface area contributed by atoms with Crippen molar-refractivity contribution in [3.8, 4) is 0 Å². The number of hydrogen-bond donors (Lipinski definition) is 1. The number of carboxylic acids is 1. The number of carbonyl (C=O) groups excluding carboxylic acids is 2. The number of hydrogen-bond acceptors (Lipinski definition) is 3. The van der Waals surface area contributed by atoms with E-state index in [2.05, 4.69) is 6.58 Å². The zero-order chi connectivity index (χ0) is 14.4. The average molecular weight is 259 g/mol. The van der Waals surface area contributed by atoms with Gasteiger partial charge in [-0.1, -0.05) is 18.7 Å². The molecule has 98 valence electrons. The summed E-state index contributed by atoms with van der Waals surface area (Å²) in [6.45, 7) is 6.44. The molecule has 0 unspecified atom stereocenters. The van der Waals surface area contributed by atoms with Crippen molar-refractivity contribution >= 4 is 17.8 Å². The highest BCUT2D eigenvalue weighted by atomic mass is 16.4.